The molecular formula is C17H26FN3O2. The van der Waals surface area contributed by atoms with Gasteiger partial charge in [0.15, 0.2) is 0 Å². The van der Waals surface area contributed by atoms with Gasteiger partial charge in [0.05, 0.1) is 19.3 Å². The zero-order valence-corrected chi connectivity index (χ0v) is 13.9. The number of hydrogen-bond donors (Lipinski definition) is 1. The second-order valence-corrected chi connectivity index (χ2v) is 5.70. The fourth-order valence-electron chi connectivity index (χ4n) is 2.76. The topological polar surface area (TPSA) is 44.8 Å². The normalized spacial score (nSPS) is 16.8. The molecule has 1 unspecified atom stereocenters. The molecule has 5 nitrogen and oxygen atoms in total. The Labute approximate surface area is 137 Å². The predicted molar refractivity (Wildman–Crippen MR) is 87.9 cm³/mol. The van der Waals surface area contributed by atoms with Crippen molar-refractivity contribution >= 4 is 6.03 Å². The molecule has 6 heteroatoms. The summed E-state index contributed by atoms with van der Waals surface area (Å²) in [5.41, 5.74) is 0.927. The molecule has 0 saturated carbocycles. The van der Waals surface area contributed by atoms with Crippen molar-refractivity contribution in [3.63, 3.8) is 0 Å². The number of nitrogens with one attached hydrogen (secondary N) is 1. The smallest absolute Gasteiger partial charge is 0.317 e. The van der Waals surface area contributed by atoms with E-state index in [-0.39, 0.29) is 17.9 Å². The highest BCUT2D eigenvalue weighted by molar-refractivity contribution is 5.74. The van der Waals surface area contributed by atoms with E-state index in [1.165, 1.54) is 12.1 Å². The minimum absolute atomic E-state index is 0.0856. The average molecular weight is 323 g/mol. The number of carbonyl (C=O) groups excluding carboxylic acids is 1. The lowest BCUT2D eigenvalue weighted by Gasteiger charge is -2.30. The Balaban J connectivity index is 1.83. The summed E-state index contributed by atoms with van der Waals surface area (Å²) in [6.45, 7) is 9.30. The van der Waals surface area contributed by atoms with Gasteiger partial charge in [0, 0.05) is 32.7 Å². The summed E-state index contributed by atoms with van der Waals surface area (Å²) < 4.78 is 18.3. The number of carbonyl (C=O) groups is 1. The maximum Gasteiger partial charge on any atom is 0.317 e. The molecule has 1 saturated heterocycles. The Bertz CT molecular complexity index is 489. The van der Waals surface area contributed by atoms with Gasteiger partial charge in [-0.3, -0.25) is 4.90 Å². The van der Waals surface area contributed by atoms with Crippen molar-refractivity contribution < 1.29 is 13.9 Å². The number of halogens is 1. The van der Waals surface area contributed by atoms with Gasteiger partial charge in [0.1, 0.15) is 5.82 Å². The third-order valence-electron chi connectivity index (χ3n) is 4.23. The first-order valence-electron chi connectivity index (χ1n) is 8.22. The summed E-state index contributed by atoms with van der Waals surface area (Å²) in [5, 5.41) is 2.97. The summed E-state index contributed by atoms with van der Waals surface area (Å²) in [5.74, 6) is -0.265. The second-order valence-electron chi connectivity index (χ2n) is 5.70. The molecule has 1 fully saturated rings. The lowest BCUT2D eigenvalue weighted by atomic mass is 10.1. The van der Waals surface area contributed by atoms with Gasteiger partial charge in [0.2, 0.25) is 0 Å². The molecule has 1 aliphatic rings. The molecule has 128 valence electrons. The molecule has 0 aromatic heterocycles. The van der Waals surface area contributed by atoms with Crippen molar-refractivity contribution in [3.8, 4) is 0 Å². The maximum absolute atomic E-state index is 13.0. The van der Waals surface area contributed by atoms with Crippen LogP contribution in [-0.4, -0.2) is 61.8 Å². The van der Waals surface area contributed by atoms with Crippen LogP contribution in [0.25, 0.3) is 0 Å². The first kappa shape index (κ1) is 17.7. The van der Waals surface area contributed by atoms with E-state index in [9.17, 15) is 9.18 Å². The van der Waals surface area contributed by atoms with E-state index in [1.54, 1.807) is 17.0 Å². The first-order valence-corrected chi connectivity index (χ1v) is 8.22. The van der Waals surface area contributed by atoms with Crippen LogP contribution in [0.4, 0.5) is 9.18 Å². The largest absolute Gasteiger partial charge is 0.379 e. The van der Waals surface area contributed by atoms with Crippen molar-refractivity contribution in [2.75, 3.05) is 45.9 Å². The van der Waals surface area contributed by atoms with E-state index >= 15 is 0 Å². The molecule has 1 aromatic carbocycles. The summed E-state index contributed by atoms with van der Waals surface area (Å²) in [6, 6.07) is 6.13. The summed E-state index contributed by atoms with van der Waals surface area (Å²) in [6.07, 6.45) is 0. The van der Waals surface area contributed by atoms with Gasteiger partial charge in [-0.25, -0.2) is 9.18 Å². The monoisotopic (exact) mass is 323 g/mol. The van der Waals surface area contributed by atoms with Gasteiger partial charge < -0.3 is 15.0 Å². The minimum Gasteiger partial charge on any atom is -0.379 e. The molecular weight excluding hydrogens is 297 g/mol. The number of hydrogen-bond acceptors (Lipinski definition) is 3. The number of amides is 2. The fraction of sp³-hybridized carbons (Fsp3) is 0.588. The van der Waals surface area contributed by atoms with Crippen LogP contribution in [0.5, 0.6) is 0 Å². The zero-order chi connectivity index (χ0) is 16.7. The van der Waals surface area contributed by atoms with Crippen molar-refractivity contribution in [2.24, 2.45) is 0 Å². The Morgan fingerprint density at radius 1 is 1.35 bits per heavy atom. The fourth-order valence-corrected chi connectivity index (χ4v) is 2.76. The molecule has 2 rings (SSSR count). The molecule has 1 N–H and O–H groups in total. The number of rotatable bonds is 6. The van der Waals surface area contributed by atoms with E-state index in [0.29, 0.717) is 13.1 Å². The molecule has 1 aliphatic heterocycles. The average Bonchev–Trinajstić information content (AvgIpc) is 2.57. The standard InChI is InChI=1S/C17H26FN3O2/c1-3-21(14(2)15-4-6-16(18)7-5-15)17(22)19-8-9-20-10-12-23-13-11-20/h4-7,14H,3,8-13H2,1-2H3,(H,19,22). The molecule has 0 bridgehead atoms. The zero-order valence-electron chi connectivity index (χ0n) is 13.9. The van der Waals surface area contributed by atoms with Crippen LogP contribution >= 0.6 is 0 Å². The maximum atomic E-state index is 13.0. The van der Waals surface area contributed by atoms with E-state index in [0.717, 1.165) is 38.4 Å². The molecule has 23 heavy (non-hydrogen) atoms. The number of ether oxygens (including phenoxy) is 1. The van der Waals surface area contributed by atoms with E-state index < -0.39 is 0 Å². The molecule has 1 atom stereocenters. The first-order chi connectivity index (χ1) is 11.1. The molecule has 2 amide bonds. The second kappa shape index (κ2) is 8.84. The Morgan fingerprint density at radius 3 is 2.61 bits per heavy atom. The van der Waals surface area contributed by atoms with Crippen LogP contribution in [0, 0.1) is 5.82 Å². The van der Waals surface area contributed by atoms with E-state index in [4.69, 9.17) is 4.74 Å². The van der Waals surface area contributed by atoms with Crippen molar-refractivity contribution in [1.82, 2.24) is 15.1 Å². The highest BCUT2D eigenvalue weighted by Crippen LogP contribution is 2.20. The molecule has 0 radical (unpaired) electrons. The SMILES string of the molecule is CCN(C(=O)NCCN1CCOCC1)C(C)c1ccc(F)cc1. The molecule has 1 heterocycles. The van der Waals surface area contributed by atoms with Crippen LogP contribution in [-0.2, 0) is 4.74 Å². The third kappa shape index (κ3) is 5.18. The molecule has 0 aliphatic carbocycles. The van der Waals surface area contributed by atoms with Crippen LogP contribution in [0.2, 0.25) is 0 Å². The number of benzene rings is 1. The lowest BCUT2D eigenvalue weighted by molar-refractivity contribution is 0.0385. The summed E-state index contributed by atoms with van der Waals surface area (Å²) in [4.78, 5) is 16.4. The molecule has 1 aromatic rings. The van der Waals surface area contributed by atoms with Crippen molar-refractivity contribution in [3.05, 3.63) is 35.6 Å². The number of nitrogens with zero attached hydrogens (tertiary/aromatic N) is 2. The van der Waals surface area contributed by atoms with Crippen LogP contribution in [0.1, 0.15) is 25.5 Å². The van der Waals surface area contributed by atoms with E-state index in [1.807, 2.05) is 13.8 Å². The predicted octanol–water partition coefficient (Wildman–Crippen LogP) is 2.25. The number of morpholine rings is 1. The van der Waals surface area contributed by atoms with Gasteiger partial charge >= 0.3 is 6.03 Å². The third-order valence-corrected chi connectivity index (χ3v) is 4.23. The van der Waals surface area contributed by atoms with E-state index in [2.05, 4.69) is 10.2 Å². The van der Waals surface area contributed by atoms with Crippen molar-refractivity contribution in [1.29, 1.82) is 0 Å². The molecule has 0 spiro atoms. The Kier molecular flexibility index (Phi) is 6.80. The quantitative estimate of drug-likeness (QED) is 0.873. The minimum atomic E-state index is -0.265. The van der Waals surface area contributed by atoms with Crippen LogP contribution in [0.15, 0.2) is 24.3 Å². The number of urea groups is 1. The van der Waals surface area contributed by atoms with Gasteiger partial charge in [-0.1, -0.05) is 12.1 Å². The van der Waals surface area contributed by atoms with Gasteiger partial charge in [-0.05, 0) is 31.5 Å². The summed E-state index contributed by atoms with van der Waals surface area (Å²) in [7, 11) is 0. The van der Waals surface area contributed by atoms with Gasteiger partial charge in [-0.2, -0.15) is 0 Å². The van der Waals surface area contributed by atoms with Crippen LogP contribution < -0.4 is 5.32 Å². The van der Waals surface area contributed by atoms with Gasteiger partial charge in [-0.15, -0.1) is 0 Å². The highest BCUT2D eigenvalue weighted by Gasteiger charge is 2.20. The highest BCUT2D eigenvalue weighted by atomic mass is 19.1. The Morgan fingerprint density at radius 2 is 2.00 bits per heavy atom. The summed E-state index contributed by atoms with van der Waals surface area (Å²) >= 11 is 0. The van der Waals surface area contributed by atoms with Crippen LogP contribution in [0.3, 0.4) is 0 Å². The van der Waals surface area contributed by atoms with Gasteiger partial charge in [0.25, 0.3) is 0 Å². The Hall–Kier alpha value is -1.66. The van der Waals surface area contributed by atoms with Crippen molar-refractivity contribution in [2.45, 2.75) is 19.9 Å². The lowest BCUT2D eigenvalue weighted by Crippen LogP contribution is -2.45.